The first-order valence-corrected chi connectivity index (χ1v) is 10.8. The van der Waals surface area contributed by atoms with Crippen molar-refractivity contribution in [2.45, 2.75) is 34.1 Å². The average molecular weight is 429 g/mol. The lowest BCUT2D eigenvalue weighted by Crippen LogP contribution is -2.29. The number of amides is 2. The SMILES string of the molecule is Cc1cccc(Oc2ccc(NC(=O)[C@@H]3CC(=O)N(c4c(C)cccc4C)C3)cc2)c1C. The third-order valence-corrected chi connectivity index (χ3v) is 6.11. The van der Waals surface area contributed by atoms with Gasteiger partial charge in [-0.3, -0.25) is 9.59 Å². The van der Waals surface area contributed by atoms with E-state index in [4.69, 9.17) is 4.74 Å². The van der Waals surface area contributed by atoms with Gasteiger partial charge in [0.1, 0.15) is 11.5 Å². The molecule has 5 nitrogen and oxygen atoms in total. The van der Waals surface area contributed by atoms with E-state index in [1.807, 2.05) is 75.4 Å². The fraction of sp³-hybridized carbons (Fsp3) is 0.259. The Labute approximate surface area is 189 Å². The van der Waals surface area contributed by atoms with Gasteiger partial charge in [0.2, 0.25) is 11.8 Å². The average Bonchev–Trinajstić information content (AvgIpc) is 3.14. The minimum Gasteiger partial charge on any atom is -0.457 e. The first kappa shape index (κ1) is 21.6. The minimum absolute atomic E-state index is 0.0141. The number of hydrogen-bond donors (Lipinski definition) is 1. The molecule has 0 spiro atoms. The van der Waals surface area contributed by atoms with Crippen LogP contribution in [0.1, 0.15) is 28.7 Å². The lowest BCUT2D eigenvalue weighted by molar-refractivity contribution is -0.122. The zero-order valence-electron chi connectivity index (χ0n) is 18.9. The van der Waals surface area contributed by atoms with Crippen molar-refractivity contribution >= 4 is 23.2 Å². The third kappa shape index (κ3) is 4.37. The van der Waals surface area contributed by atoms with Crippen LogP contribution in [0, 0.1) is 33.6 Å². The Balaban J connectivity index is 1.41. The van der Waals surface area contributed by atoms with Crippen LogP contribution in [0.2, 0.25) is 0 Å². The van der Waals surface area contributed by atoms with Crippen molar-refractivity contribution in [3.63, 3.8) is 0 Å². The number of aryl methyl sites for hydroxylation is 3. The Morgan fingerprint density at radius 3 is 2.22 bits per heavy atom. The van der Waals surface area contributed by atoms with Crippen molar-refractivity contribution in [3.05, 3.63) is 82.9 Å². The Kier molecular flexibility index (Phi) is 5.99. The molecule has 1 heterocycles. The molecule has 0 aromatic heterocycles. The van der Waals surface area contributed by atoms with Gasteiger partial charge >= 0.3 is 0 Å². The first-order valence-electron chi connectivity index (χ1n) is 10.8. The molecule has 2 amide bonds. The van der Waals surface area contributed by atoms with Gasteiger partial charge in [-0.05, 0) is 80.3 Å². The van der Waals surface area contributed by atoms with Gasteiger partial charge in [-0.2, -0.15) is 0 Å². The van der Waals surface area contributed by atoms with E-state index >= 15 is 0 Å². The predicted octanol–water partition coefficient (Wildman–Crippen LogP) is 5.70. The monoisotopic (exact) mass is 428 g/mol. The third-order valence-electron chi connectivity index (χ3n) is 6.11. The van der Waals surface area contributed by atoms with Crippen molar-refractivity contribution in [3.8, 4) is 11.5 Å². The molecule has 1 N–H and O–H groups in total. The number of para-hydroxylation sites is 1. The molecule has 0 aliphatic carbocycles. The topological polar surface area (TPSA) is 58.6 Å². The van der Waals surface area contributed by atoms with E-state index in [-0.39, 0.29) is 24.2 Å². The van der Waals surface area contributed by atoms with E-state index in [1.165, 1.54) is 5.56 Å². The van der Waals surface area contributed by atoms with Crippen LogP contribution in [-0.2, 0) is 9.59 Å². The second-order valence-electron chi connectivity index (χ2n) is 8.46. The summed E-state index contributed by atoms with van der Waals surface area (Å²) in [6, 6.07) is 19.2. The van der Waals surface area contributed by atoms with Crippen molar-refractivity contribution in [1.29, 1.82) is 0 Å². The summed E-state index contributed by atoms with van der Waals surface area (Å²) in [5.41, 5.74) is 5.95. The molecular weight excluding hydrogens is 400 g/mol. The fourth-order valence-corrected chi connectivity index (χ4v) is 4.14. The van der Waals surface area contributed by atoms with Crippen molar-refractivity contribution in [2.75, 3.05) is 16.8 Å². The zero-order valence-corrected chi connectivity index (χ0v) is 18.9. The molecule has 0 radical (unpaired) electrons. The van der Waals surface area contributed by atoms with Crippen LogP contribution in [0.5, 0.6) is 11.5 Å². The van der Waals surface area contributed by atoms with Crippen LogP contribution in [-0.4, -0.2) is 18.4 Å². The number of carbonyl (C=O) groups is 2. The normalized spacial score (nSPS) is 15.7. The van der Waals surface area contributed by atoms with Crippen LogP contribution in [0.25, 0.3) is 0 Å². The summed E-state index contributed by atoms with van der Waals surface area (Å²) < 4.78 is 5.99. The molecule has 4 rings (SSSR count). The maximum Gasteiger partial charge on any atom is 0.229 e. The molecule has 1 aliphatic heterocycles. The van der Waals surface area contributed by atoms with E-state index in [0.29, 0.717) is 18.0 Å². The van der Waals surface area contributed by atoms with Crippen LogP contribution in [0.3, 0.4) is 0 Å². The molecule has 1 fully saturated rings. The molecule has 0 unspecified atom stereocenters. The van der Waals surface area contributed by atoms with E-state index in [9.17, 15) is 9.59 Å². The highest BCUT2D eigenvalue weighted by Gasteiger charge is 2.36. The standard InChI is InChI=1S/C27H28N2O3/c1-17-7-6-10-24(20(17)4)32-23-13-11-22(12-14-23)28-27(31)21-15-25(30)29(16-21)26-18(2)8-5-9-19(26)3/h5-14,21H,15-16H2,1-4H3,(H,28,31)/t21-/m1/s1. The van der Waals surface area contributed by atoms with Crippen LogP contribution >= 0.6 is 0 Å². The molecule has 1 saturated heterocycles. The molecule has 164 valence electrons. The Morgan fingerprint density at radius 1 is 0.906 bits per heavy atom. The maximum absolute atomic E-state index is 12.8. The summed E-state index contributed by atoms with van der Waals surface area (Å²) in [6.07, 6.45) is 0.216. The second kappa shape index (κ2) is 8.87. The zero-order chi connectivity index (χ0) is 22.8. The quantitative estimate of drug-likeness (QED) is 0.567. The van der Waals surface area contributed by atoms with Gasteiger partial charge in [-0.25, -0.2) is 0 Å². The van der Waals surface area contributed by atoms with E-state index < -0.39 is 0 Å². The van der Waals surface area contributed by atoms with Crippen LogP contribution < -0.4 is 15.0 Å². The highest BCUT2D eigenvalue weighted by Crippen LogP contribution is 2.32. The molecule has 5 heteroatoms. The Hall–Kier alpha value is -3.60. The number of rotatable bonds is 5. The van der Waals surface area contributed by atoms with Crippen molar-refractivity contribution in [1.82, 2.24) is 0 Å². The largest absolute Gasteiger partial charge is 0.457 e. The molecule has 1 atom stereocenters. The number of nitrogens with zero attached hydrogens (tertiary/aromatic N) is 1. The van der Waals surface area contributed by atoms with E-state index in [2.05, 4.69) is 18.3 Å². The van der Waals surface area contributed by atoms with E-state index in [0.717, 1.165) is 28.1 Å². The van der Waals surface area contributed by atoms with Gasteiger partial charge in [0, 0.05) is 24.3 Å². The number of carbonyl (C=O) groups excluding carboxylic acids is 2. The van der Waals surface area contributed by atoms with E-state index in [1.54, 1.807) is 4.90 Å². The van der Waals surface area contributed by atoms with Gasteiger partial charge in [-0.1, -0.05) is 30.3 Å². The maximum atomic E-state index is 12.8. The Bertz CT molecular complexity index is 1150. The molecule has 3 aromatic carbocycles. The van der Waals surface area contributed by atoms with Gasteiger partial charge in [0.05, 0.1) is 5.92 Å². The summed E-state index contributed by atoms with van der Waals surface area (Å²) >= 11 is 0. The van der Waals surface area contributed by atoms with Crippen molar-refractivity contribution < 1.29 is 14.3 Å². The first-order chi connectivity index (χ1) is 15.3. The molecule has 0 saturated carbocycles. The lowest BCUT2D eigenvalue weighted by atomic mass is 10.1. The molecular formula is C27H28N2O3. The highest BCUT2D eigenvalue weighted by molar-refractivity contribution is 6.04. The van der Waals surface area contributed by atoms with Gasteiger partial charge in [0.15, 0.2) is 0 Å². The molecule has 32 heavy (non-hydrogen) atoms. The number of benzene rings is 3. The van der Waals surface area contributed by atoms with Gasteiger partial charge in [-0.15, -0.1) is 0 Å². The minimum atomic E-state index is -0.382. The summed E-state index contributed by atoms with van der Waals surface area (Å²) in [7, 11) is 0. The summed E-state index contributed by atoms with van der Waals surface area (Å²) in [4.78, 5) is 27.2. The van der Waals surface area contributed by atoms with Gasteiger partial charge < -0.3 is 15.0 Å². The van der Waals surface area contributed by atoms with Crippen LogP contribution in [0.15, 0.2) is 60.7 Å². The summed E-state index contributed by atoms with van der Waals surface area (Å²) in [5, 5.41) is 2.94. The lowest BCUT2D eigenvalue weighted by Gasteiger charge is -2.21. The molecule has 3 aromatic rings. The molecule has 0 bridgehead atoms. The number of ether oxygens (including phenoxy) is 1. The highest BCUT2D eigenvalue weighted by atomic mass is 16.5. The predicted molar refractivity (Wildman–Crippen MR) is 127 cm³/mol. The fourth-order valence-electron chi connectivity index (χ4n) is 4.14. The summed E-state index contributed by atoms with van der Waals surface area (Å²) in [5.74, 6) is 0.981. The van der Waals surface area contributed by atoms with Crippen molar-refractivity contribution in [2.24, 2.45) is 5.92 Å². The van der Waals surface area contributed by atoms with Gasteiger partial charge in [0.25, 0.3) is 0 Å². The van der Waals surface area contributed by atoms with Crippen LogP contribution in [0.4, 0.5) is 11.4 Å². The number of anilines is 2. The smallest absolute Gasteiger partial charge is 0.229 e. The second-order valence-corrected chi connectivity index (χ2v) is 8.46. The number of hydrogen-bond acceptors (Lipinski definition) is 3. The number of nitrogens with one attached hydrogen (secondary N) is 1. The summed E-state index contributed by atoms with van der Waals surface area (Å²) in [6.45, 7) is 8.46. The molecule has 1 aliphatic rings. The Morgan fingerprint density at radius 2 is 1.53 bits per heavy atom.